The van der Waals surface area contributed by atoms with Gasteiger partial charge >= 0.3 is 0 Å². The summed E-state index contributed by atoms with van der Waals surface area (Å²) in [6.45, 7) is 6.70. The van der Waals surface area contributed by atoms with E-state index in [9.17, 15) is 18.0 Å². The molecule has 3 rings (SSSR count). The molecule has 1 aliphatic heterocycles. The van der Waals surface area contributed by atoms with Gasteiger partial charge < -0.3 is 20.7 Å². The quantitative estimate of drug-likeness (QED) is 0.408. The molecular weight excluding hydrogens is 528 g/mol. The van der Waals surface area contributed by atoms with Crippen molar-refractivity contribution in [3.8, 4) is 0 Å². The molecule has 0 radical (unpaired) electrons. The van der Waals surface area contributed by atoms with Gasteiger partial charge in [0.1, 0.15) is 6.04 Å². The molecule has 0 saturated carbocycles. The van der Waals surface area contributed by atoms with Gasteiger partial charge in [0, 0.05) is 18.6 Å². The van der Waals surface area contributed by atoms with Gasteiger partial charge in [-0.2, -0.15) is 0 Å². The van der Waals surface area contributed by atoms with Crippen LogP contribution in [0.25, 0.3) is 4.91 Å². The van der Waals surface area contributed by atoms with Crippen molar-refractivity contribution in [2.24, 2.45) is 5.73 Å². The molecule has 1 heterocycles. The zero-order chi connectivity index (χ0) is 28.3. The molecule has 11 heteroatoms. The average Bonchev–Trinajstić information content (AvgIpc) is 3.01. The number of hydrogen-bond acceptors (Lipinski definition) is 6. The van der Waals surface area contributed by atoms with Crippen LogP contribution in [0.4, 0.5) is 0 Å². The number of carbonyl (C=O) groups is 2. The molecule has 0 saturated heterocycles. The molecule has 2 aromatic rings. The highest BCUT2D eigenvalue weighted by molar-refractivity contribution is 7.99. The molecule has 9 nitrogen and oxygen atoms in total. The summed E-state index contributed by atoms with van der Waals surface area (Å²) in [6, 6.07) is 14.9. The van der Waals surface area contributed by atoms with Crippen LogP contribution in [0.15, 0.2) is 60.2 Å². The first-order chi connectivity index (χ1) is 17.6. The van der Waals surface area contributed by atoms with Gasteiger partial charge in [-0.1, -0.05) is 54.1 Å². The fourth-order valence-electron chi connectivity index (χ4n) is 4.06. The molecule has 0 fully saturated rings. The Morgan fingerprint density at radius 3 is 2.32 bits per heavy atom. The molecule has 0 spiro atoms. The first-order valence-electron chi connectivity index (χ1n) is 12.1. The second-order valence-electron chi connectivity index (χ2n) is 10.5. The highest BCUT2D eigenvalue weighted by Crippen LogP contribution is 2.38. The van der Waals surface area contributed by atoms with E-state index in [4.69, 9.17) is 22.1 Å². The summed E-state index contributed by atoms with van der Waals surface area (Å²) in [5, 5.41) is 3.16. The Bertz CT molecular complexity index is 1300. The van der Waals surface area contributed by atoms with Crippen LogP contribution in [-0.4, -0.2) is 62.5 Å². The maximum atomic E-state index is 13.6. The van der Waals surface area contributed by atoms with E-state index in [0.717, 1.165) is 5.56 Å². The summed E-state index contributed by atoms with van der Waals surface area (Å²) in [4.78, 5) is 27.7. The molecule has 206 valence electrons. The zero-order valence-corrected chi connectivity index (χ0v) is 23.8. The van der Waals surface area contributed by atoms with Crippen LogP contribution in [0.2, 0.25) is 5.02 Å². The fourth-order valence-corrected chi connectivity index (χ4v) is 6.18. The van der Waals surface area contributed by atoms with Crippen molar-refractivity contribution in [3.63, 3.8) is 0 Å². The van der Waals surface area contributed by atoms with Crippen molar-refractivity contribution < 1.29 is 22.7 Å². The number of sulfonamides is 1. The minimum Gasteiger partial charge on any atom is -0.374 e. The van der Waals surface area contributed by atoms with Gasteiger partial charge in [-0.3, -0.25) is 9.59 Å². The lowest BCUT2D eigenvalue weighted by Gasteiger charge is -2.30. The zero-order valence-electron chi connectivity index (χ0n) is 22.2. The molecule has 0 bridgehead atoms. The molecule has 4 N–H and O–H groups in total. The standard InChI is InChI=1S/C27H35ClN4O5S/c1-26(2,29)25(34)30-22(17-37-16-18-9-7-6-8-10-18)24(33)32(5)15-21-23(19-11-13-20(28)14-12-19)38(35,36)31-27(21,3)4/h6-14,22,31H,15-17,29H2,1-5H3,(H,30,34)/t22-/m1/s1. The highest BCUT2D eigenvalue weighted by atomic mass is 35.5. The molecular formula is C27H35ClN4O5S. The molecule has 0 aliphatic carbocycles. The summed E-state index contributed by atoms with van der Waals surface area (Å²) >= 11 is 6.01. The minimum absolute atomic E-state index is 0.00685. The third-order valence-corrected chi connectivity index (χ3v) is 8.20. The predicted octanol–water partition coefficient (Wildman–Crippen LogP) is 2.66. The van der Waals surface area contributed by atoms with Crippen molar-refractivity contribution in [1.29, 1.82) is 0 Å². The SMILES string of the molecule is CN(CC1=C(c2ccc(Cl)cc2)S(=O)(=O)NC1(C)C)C(=O)[C@@H](COCc1ccccc1)NC(=O)C(C)(C)N. The third-order valence-electron chi connectivity index (χ3n) is 6.15. The van der Waals surface area contributed by atoms with E-state index < -0.39 is 39.0 Å². The summed E-state index contributed by atoms with van der Waals surface area (Å²) in [7, 11) is -2.29. The average molecular weight is 563 g/mol. The molecule has 2 aromatic carbocycles. The Hall–Kier alpha value is -2.76. The number of nitrogens with two attached hydrogens (primary N) is 1. The van der Waals surface area contributed by atoms with E-state index >= 15 is 0 Å². The first-order valence-corrected chi connectivity index (χ1v) is 14.0. The Morgan fingerprint density at radius 1 is 1.13 bits per heavy atom. The smallest absolute Gasteiger partial charge is 0.247 e. The normalized spacial score (nSPS) is 17.2. The number of amides is 2. The number of likely N-dealkylation sites (N-methyl/N-ethyl adjacent to an activating group) is 1. The largest absolute Gasteiger partial charge is 0.374 e. The van der Waals surface area contributed by atoms with E-state index in [1.54, 1.807) is 59.0 Å². The Balaban J connectivity index is 1.88. The lowest BCUT2D eigenvalue weighted by Crippen LogP contribution is -2.57. The van der Waals surface area contributed by atoms with Gasteiger partial charge in [0.25, 0.3) is 0 Å². The van der Waals surface area contributed by atoms with Crippen LogP contribution in [-0.2, 0) is 31.0 Å². The molecule has 2 amide bonds. The summed E-state index contributed by atoms with van der Waals surface area (Å²) in [6.07, 6.45) is 0. The second-order valence-corrected chi connectivity index (χ2v) is 12.5. The fraction of sp³-hybridized carbons (Fsp3) is 0.407. The van der Waals surface area contributed by atoms with E-state index in [1.165, 1.54) is 4.90 Å². The van der Waals surface area contributed by atoms with Crippen LogP contribution in [0, 0.1) is 0 Å². The lowest BCUT2D eigenvalue weighted by atomic mass is 9.92. The van der Waals surface area contributed by atoms with E-state index in [1.807, 2.05) is 30.3 Å². The first kappa shape index (κ1) is 29.8. The molecule has 0 aromatic heterocycles. The van der Waals surface area contributed by atoms with Crippen LogP contribution < -0.4 is 15.8 Å². The molecule has 38 heavy (non-hydrogen) atoms. The lowest BCUT2D eigenvalue weighted by molar-refractivity contribution is -0.138. The number of carbonyl (C=O) groups excluding carboxylic acids is 2. The van der Waals surface area contributed by atoms with Crippen LogP contribution in [0.5, 0.6) is 0 Å². The molecule has 0 unspecified atom stereocenters. The topological polar surface area (TPSA) is 131 Å². The van der Waals surface area contributed by atoms with E-state index in [-0.39, 0.29) is 24.7 Å². The number of benzene rings is 2. The van der Waals surface area contributed by atoms with Crippen molar-refractivity contribution in [2.45, 2.75) is 51.4 Å². The summed E-state index contributed by atoms with van der Waals surface area (Å²) < 4.78 is 34.6. The number of ether oxygens (including phenoxy) is 1. The van der Waals surface area contributed by atoms with E-state index in [2.05, 4.69) is 10.0 Å². The maximum absolute atomic E-state index is 13.6. The Morgan fingerprint density at radius 2 is 1.74 bits per heavy atom. The van der Waals surface area contributed by atoms with Crippen molar-refractivity contribution >= 4 is 38.3 Å². The van der Waals surface area contributed by atoms with E-state index in [0.29, 0.717) is 16.2 Å². The Labute approximate surface area is 229 Å². The van der Waals surface area contributed by atoms with Crippen molar-refractivity contribution in [2.75, 3.05) is 20.2 Å². The Kier molecular flexibility index (Phi) is 9.05. The highest BCUT2D eigenvalue weighted by Gasteiger charge is 2.44. The summed E-state index contributed by atoms with van der Waals surface area (Å²) in [5.74, 6) is -0.960. The van der Waals surface area contributed by atoms with Crippen molar-refractivity contribution in [1.82, 2.24) is 14.9 Å². The molecule has 1 atom stereocenters. The number of nitrogens with zero attached hydrogens (tertiary/aromatic N) is 1. The number of hydrogen-bond donors (Lipinski definition) is 3. The minimum atomic E-state index is -3.85. The monoisotopic (exact) mass is 562 g/mol. The van der Waals surface area contributed by atoms with Gasteiger partial charge in [-0.05, 0) is 56.5 Å². The summed E-state index contributed by atoms with van der Waals surface area (Å²) in [5.41, 5.74) is 5.66. The van der Waals surface area contributed by atoms with Crippen LogP contribution >= 0.6 is 11.6 Å². The van der Waals surface area contributed by atoms with Gasteiger partial charge in [0.15, 0.2) is 0 Å². The van der Waals surface area contributed by atoms with Gasteiger partial charge in [-0.25, -0.2) is 13.1 Å². The van der Waals surface area contributed by atoms with Gasteiger partial charge in [0.05, 0.1) is 29.2 Å². The molecule has 1 aliphatic rings. The number of rotatable bonds is 10. The van der Waals surface area contributed by atoms with Gasteiger partial charge in [-0.15, -0.1) is 0 Å². The number of halogens is 1. The van der Waals surface area contributed by atoms with Gasteiger partial charge in [0.2, 0.25) is 21.8 Å². The number of nitrogens with one attached hydrogen (secondary N) is 2. The van der Waals surface area contributed by atoms with Crippen molar-refractivity contribution in [3.05, 3.63) is 76.3 Å². The predicted molar refractivity (Wildman–Crippen MR) is 148 cm³/mol. The third kappa shape index (κ3) is 7.21. The van der Waals surface area contributed by atoms with Crippen LogP contribution in [0.1, 0.15) is 38.8 Å². The maximum Gasteiger partial charge on any atom is 0.247 e. The van der Waals surface area contributed by atoms with Crippen LogP contribution in [0.3, 0.4) is 0 Å². The second kappa shape index (κ2) is 11.5.